The number of hydrogen-bond acceptors (Lipinski definition) is 21. The normalized spacial score (nSPS) is 12.4. The van der Waals surface area contributed by atoms with Gasteiger partial charge in [0, 0.05) is 0 Å². The zero-order valence-electron chi connectivity index (χ0n) is 52.9. The average molecular weight is 1290 g/mol. The van der Waals surface area contributed by atoms with Gasteiger partial charge in [0.1, 0.15) is 30.4 Å². The molecular weight excluding hydrogens is 1180 g/mol. The molecule has 0 bridgehead atoms. The van der Waals surface area contributed by atoms with Crippen LogP contribution in [0.2, 0.25) is 0 Å². The van der Waals surface area contributed by atoms with Gasteiger partial charge in [-0.25, -0.2) is 25.3 Å². The number of hydrogen-bond donors (Lipinski definition) is 0. The number of unbranched alkanes of at least 4 members (excludes halogenated alkanes) is 30. The standard InChI is InChI=1S/3C20H38O7S.Al/c3*1-3-5-7-9-11-13-15-26-19(21)17-18(28(23,24)25)20(22)27-16-14-12-10-8-6-4-2;/h3*18H,3-17H2,1-2H3,(H,23,24,25);/q;;;+3/p-3. The van der Waals surface area contributed by atoms with Gasteiger partial charge in [-0.3, -0.25) is 28.8 Å². The Bertz CT molecular complexity index is 1780. The first-order valence-corrected chi connectivity index (χ1v) is 36.2. The van der Waals surface area contributed by atoms with Crippen molar-refractivity contribution >= 4 is 83.5 Å². The van der Waals surface area contributed by atoms with Crippen LogP contribution in [-0.2, 0) is 87.5 Å². The Morgan fingerprint density at radius 2 is 0.400 bits per heavy atom. The minimum atomic E-state index is -4.98. The Hall–Kier alpha value is -2.92. The van der Waals surface area contributed by atoms with E-state index in [0.29, 0.717) is 38.5 Å². The van der Waals surface area contributed by atoms with Crippen LogP contribution in [-0.4, -0.2) is 147 Å². The predicted molar refractivity (Wildman–Crippen MR) is 326 cm³/mol. The van der Waals surface area contributed by atoms with Gasteiger partial charge in [0.25, 0.3) is 0 Å². The molecule has 0 amide bonds. The van der Waals surface area contributed by atoms with E-state index in [0.717, 1.165) is 173 Å². The van der Waals surface area contributed by atoms with Gasteiger partial charge in [-0.05, 0) is 38.5 Å². The Morgan fingerprint density at radius 1 is 0.259 bits per heavy atom. The zero-order chi connectivity index (χ0) is 63.8. The van der Waals surface area contributed by atoms with E-state index in [1.807, 2.05) is 0 Å². The minimum absolute atomic E-state index is 0. The van der Waals surface area contributed by atoms with Crippen LogP contribution in [0.4, 0.5) is 0 Å². The van der Waals surface area contributed by atoms with Crippen LogP contribution in [0.3, 0.4) is 0 Å². The predicted octanol–water partition coefficient (Wildman–Crippen LogP) is 11.9. The van der Waals surface area contributed by atoms with Gasteiger partial charge in [-0.15, -0.1) is 0 Å². The summed E-state index contributed by atoms with van der Waals surface area (Å²) >= 11 is 0. The number of rotatable bonds is 54. The van der Waals surface area contributed by atoms with Crippen LogP contribution in [0, 0.1) is 0 Å². The van der Waals surface area contributed by atoms with E-state index in [2.05, 4.69) is 41.5 Å². The van der Waals surface area contributed by atoms with E-state index in [-0.39, 0.29) is 57.0 Å². The van der Waals surface area contributed by atoms with Crippen LogP contribution in [0.15, 0.2) is 0 Å². The molecule has 3 atom stereocenters. The van der Waals surface area contributed by atoms with Crippen molar-refractivity contribution in [3.63, 3.8) is 0 Å². The molecule has 85 heavy (non-hydrogen) atoms. The van der Waals surface area contributed by atoms with Gasteiger partial charge in [0.15, 0.2) is 15.7 Å². The number of esters is 6. The first-order chi connectivity index (χ1) is 40.0. The van der Waals surface area contributed by atoms with Gasteiger partial charge < -0.3 is 42.1 Å². The molecule has 0 N–H and O–H groups in total. The minimum Gasteiger partial charge on any atom is -0.747 e. The molecule has 498 valence electrons. The number of ether oxygens (including phenoxy) is 6. The Balaban J connectivity index is -0.000000576. The Labute approximate surface area is 524 Å². The zero-order valence-corrected chi connectivity index (χ0v) is 56.5. The van der Waals surface area contributed by atoms with E-state index < -0.39 is 101 Å². The van der Waals surface area contributed by atoms with Crippen LogP contribution < -0.4 is 0 Å². The van der Waals surface area contributed by atoms with E-state index in [9.17, 15) is 67.7 Å². The largest absolute Gasteiger partial charge is 3.00 e. The topological polar surface area (TPSA) is 329 Å². The molecule has 0 aromatic carbocycles. The first kappa shape index (κ1) is 88.5. The summed E-state index contributed by atoms with van der Waals surface area (Å²) in [7, 11) is -15.0. The number of carbonyl (C=O) groups is 6. The van der Waals surface area contributed by atoms with Crippen LogP contribution >= 0.6 is 0 Å². The van der Waals surface area contributed by atoms with Gasteiger partial charge >= 0.3 is 53.2 Å². The van der Waals surface area contributed by atoms with E-state index >= 15 is 0 Å². The van der Waals surface area contributed by atoms with Crippen molar-refractivity contribution in [2.24, 2.45) is 0 Å². The second kappa shape index (κ2) is 60.0. The van der Waals surface area contributed by atoms with Crippen molar-refractivity contribution < 1.29 is 96.1 Å². The van der Waals surface area contributed by atoms with Gasteiger partial charge in [-0.2, -0.15) is 0 Å². The molecule has 0 spiro atoms. The van der Waals surface area contributed by atoms with Crippen LogP contribution in [0.25, 0.3) is 0 Å². The second-order valence-corrected chi connectivity index (χ2v) is 26.0. The van der Waals surface area contributed by atoms with E-state index in [4.69, 9.17) is 28.4 Å². The third-order valence-electron chi connectivity index (χ3n) is 13.4. The maximum Gasteiger partial charge on any atom is 3.00 e. The summed E-state index contributed by atoms with van der Waals surface area (Å²) in [6.07, 6.45) is 33.5. The third kappa shape index (κ3) is 58.5. The molecule has 0 aromatic heterocycles. The summed E-state index contributed by atoms with van der Waals surface area (Å²) in [6.45, 7) is 13.3. The summed E-state index contributed by atoms with van der Waals surface area (Å²) < 4.78 is 131. The molecular formula is C60H111AlO21S3. The molecule has 0 radical (unpaired) electrons. The fraction of sp³-hybridized carbons (Fsp3) is 0.900. The SMILES string of the molecule is CCCCCCCCOC(=O)CC(C(=O)OCCCCCCCC)S(=O)(=O)[O-].CCCCCCCCOC(=O)CC(C(=O)OCCCCCCCC)S(=O)(=O)[O-].CCCCCCCCOC(=O)CC(C(=O)OCCCCCCCC)S(=O)(=O)[O-].[Al+3]. The number of carbonyl (C=O) groups excluding carboxylic acids is 6. The molecule has 0 rings (SSSR count). The van der Waals surface area contributed by atoms with Crippen LogP contribution in [0.1, 0.15) is 292 Å². The molecule has 0 aliphatic carbocycles. The third-order valence-corrected chi connectivity index (χ3v) is 16.6. The fourth-order valence-electron chi connectivity index (χ4n) is 8.19. The molecule has 0 fully saturated rings. The second-order valence-electron chi connectivity index (χ2n) is 21.3. The molecule has 0 saturated carbocycles. The van der Waals surface area contributed by atoms with Crippen molar-refractivity contribution in [2.45, 2.75) is 308 Å². The summed E-state index contributed by atoms with van der Waals surface area (Å²) in [4.78, 5) is 71.1. The van der Waals surface area contributed by atoms with Gasteiger partial charge in [0.2, 0.25) is 0 Å². The summed E-state index contributed by atoms with van der Waals surface area (Å²) in [5.41, 5.74) is 0. The average Bonchev–Trinajstić information content (AvgIpc) is 3.52. The molecule has 0 heterocycles. The molecule has 25 heteroatoms. The Morgan fingerprint density at radius 3 is 0.553 bits per heavy atom. The smallest absolute Gasteiger partial charge is 0.747 e. The van der Waals surface area contributed by atoms with Crippen LogP contribution in [0.5, 0.6) is 0 Å². The van der Waals surface area contributed by atoms with Crippen molar-refractivity contribution in [1.82, 2.24) is 0 Å². The fourth-order valence-corrected chi connectivity index (χ4v) is 10.1. The molecule has 0 aliphatic heterocycles. The molecule has 0 saturated heterocycles. The van der Waals surface area contributed by atoms with Gasteiger partial charge in [-0.1, -0.05) is 234 Å². The maximum atomic E-state index is 11.9. The summed E-state index contributed by atoms with van der Waals surface area (Å²) in [5, 5.41) is -6.11. The molecule has 0 aromatic rings. The van der Waals surface area contributed by atoms with Crippen molar-refractivity contribution in [1.29, 1.82) is 0 Å². The van der Waals surface area contributed by atoms with E-state index in [1.165, 1.54) is 19.3 Å². The van der Waals surface area contributed by atoms with E-state index in [1.54, 1.807) is 0 Å². The van der Waals surface area contributed by atoms with Crippen molar-refractivity contribution in [2.75, 3.05) is 39.6 Å². The molecule has 0 aliphatic rings. The van der Waals surface area contributed by atoms with Gasteiger partial charge in [0.05, 0.1) is 58.9 Å². The van der Waals surface area contributed by atoms with Crippen molar-refractivity contribution in [3.8, 4) is 0 Å². The molecule has 3 unspecified atom stereocenters. The summed E-state index contributed by atoms with van der Waals surface area (Å²) in [6, 6.07) is 0. The van der Waals surface area contributed by atoms with Crippen molar-refractivity contribution in [3.05, 3.63) is 0 Å². The monoisotopic (exact) mass is 1290 g/mol. The molecule has 21 nitrogen and oxygen atoms in total. The summed E-state index contributed by atoms with van der Waals surface area (Å²) in [5.74, 6) is -6.10. The maximum absolute atomic E-state index is 11.9. The first-order valence-electron chi connectivity index (χ1n) is 31.8. The Kier molecular flexibility index (Phi) is 62.5. The quantitative estimate of drug-likeness (QED) is 0.0179.